The van der Waals surface area contributed by atoms with Crippen molar-refractivity contribution in [2.75, 3.05) is 27.8 Å². The van der Waals surface area contributed by atoms with Crippen molar-refractivity contribution in [1.82, 2.24) is 10.2 Å². The van der Waals surface area contributed by atoms with Crippen LogP contribution in [-0.2, 0) is 18.9 Å². The summed E-state index contributed by atoms with van der Waals surface area (Å²) in [6, 6.07) is 8.43. The normalized spacial score (nSPS) is 34.9. The van der Waals surface area contributed by atoms with Crippen LogP contribution in [0, 0.1) is 0 Å². The molecule has 1 aromatic carbocycles. The number of ether oxygens (including phenoxy) is 4. The number of methoxy groups -OCH3 is 1. The lowest BCUT2D eigenvalue weighted by atomic mass is 9.95. The van der Waals surface area contributed by atoms with Gasteiger partial charge >= 0.3 is 6.03 Å². The molecule has 2 fully saturated rings. The van der Waals surface area contributed by atoms with Gasteiger partial charge in [-0.05, 0) is 0 Å². The number of fused-ring (bicyclic) bond motifs is 1. The third-order valence-corrected chi connectivity index (χ3v) is 4.62. The molecule has 2 aliphatic heterocycles. The molecule has 2 N–H and O–H groups in total. The predicted octanol–water partition coefficient (Wildman–Crippen LogP) is 0.473. The molecule has 0 aliphatic carbocycles. The molecule has 8 heteroatoms. The first-order chi connectivity index (χ1) is 12.1. The fraction of sp³-hybridized carbons (Fsp3) is 0.588. The van der Waals surface area contributed by atoms with Crippen molar-refractivity contribution in [3.63, 3.8) is 0 Å². The van der Waals surface area contributed by atoms with Crippen molar-refractivity contribution in [2.24, 2.45) is 0 Å². The maximum absolute atomic E-state index is 12.0. The van der Waals surface area contributed by atoms with E-state index in [1.54, 1.807) is 7.05 Å². The van der Waals surface area contributed by atoms with Crippen LogP contribution in [0.3, 0.4) is 0 Å². The highest BCUT2D eigenvalue weighted by Crippen LogP contribution is 2.35. The van der Waals surface area contributed by atoms with Gasteiger partial charge in [-0.1, -0.05) is 30.3 Å². The Morgan fingerprint density at radius 2 is 2.04 bits per heavy atom. The lowest BCUT2D eigenvalue weighted by molar-refractivity contribution is -0.347. The van der Waals surface area contributed by atoms with Crippen molar-refractivity contribution >= 4 is 6.03 Å². The summed E-state index contributed by atoms with van der Waals surface area (Å²) in [6.07, 6.45) is -3.47. The van der Waals surface area contributed by atoms with Gasteiger partial charge in [0.1, 0.15) is 24.4 Å². The van der Waals surface area contributed by atoms with Crippen molar-refractivity contribution < 1.29 is 28.8 Å². The predicted molar refractivity (Wildman–Crippen MR) is 87.7 cm³/mol. The lowest BCUT2D eigenvalue weighted by Crippen LogP contribution is -2.67. The highest BCUT2D eigenvalue weighted by Gasteiger charge is 2.51. The smallest absolute Gasteiger partial charge is 0.317 e. The summed E-state index contributed by atoms with van der Waals surface area (Å²) < 4.78 is 22.9. The summed E-state index contributed by atoms with van der Waals surface area (Å²) in [7, 11) is 4.58. The van der Waals surface area contributed by atoms with Gasteiger partial charge in [-0.2, -0.15) is 0 Å². The van der Waals surface area contributed by atoms with Crippen LogP contribution in [0.15, 0.2) is 30.3 Å². The molecule has 2 amide bonds. The lowest BCUT2D eigenvalue weighted by Gasteiger charge is -2.49. The standard InChI is InChI=1S/C17H24N2O6/c1-18-17(21)19(2)12-13(20)14-11(24-16(12)22-3)9-23-15(25-14)10-7-5-4-6-8-10/h4-8,11-16,20H,9H2,1-3H3,(H,18,21). The van der Waals surface area contributed by atoms with Crippen molar-refractivity contribution in [3.05, 3.63) is 35.9 Å². The molecule has 6 atom stereocenters. The summed E-state index contributed by atoms with van der Waals surface area (Å²) in [5.41, 5.74) is 0.859. The Morgan fingerprint density at radius 1 is 1.32 bits per heavy atom. The van der Waals surface area contributed by atoms with Gasteiger partial charge in [0.2, 0.25) is 0 Å². The van der Waals surface area contributed by atoms with E-state index >= 15 is 0 Å². The number of carbonyl (C=O) groups excluding carboxylic acids is 1. The fourth-order valence-corrected chi connectivity index (χ4v) is 3.28. The Morgan fingerprint density at radius 3 is 2.68 bits per heavy atom. The minimum Gasteiger partial charge on any atom is -0.388 e. The van der Waals surface area contributed by atoms with Crippen LogP contribution in [0.2, 0.25) is 0 Å². The fourth-order valence-electron chi connectivity index (χ4n) is 3.28. The van der Waals surface area contributed by atoms with Crippen LogP contribution in [0.4, 0.5) is 4.79 Å². The van der Waals surface area contributed by atoms with Crippen LogP contribution < -0.4 is 5.32 Å². The number of aliphatic hydroxyl groups excluding tert-OH is 1. The van der Waals surface area contributed by atoms with Gasteiger partial charge < -0.3 is 34.3 Å². The molecule has 0 bridgehead atoms. The summed E-state index contributed by atoms with van der Waals surface area (Å²) in [6.45, 7) is 0.261. The van der Waals surface area contributed by atoms with Crippen LogP contribution >= 0.6 is 0 Å². The van der Waals surface area contributed by atoms with E-state index in [2.05, 4.69) is 5.32 Å². The molecule has 2 saturated heterocycles. The molecule has 8 nitrogen and oxygen atoms in total. The SMILES string of the molecule is CNC(=O)N(C)C1C(OC)OC2COC(c3ccccc3)OC2C1O. The summed E-state index contributed by atoms with van der Waals surface area (Å²) in [4.78, 5) is 13.4. The molecule has 1 aromatic rings. The van der Waals surface area contributed by atoms with Crippen LogP contribution in [-0.4, -0.2) is 74.5 Å². The zero-order valence-electron chi connectivity index (χ0n) is 14.5. The number of nitrogens with one attached hydrogen (secondary N) is 1. The van der Waals surface area contributed by atoms with Crippen LogP contribution in [0.25, 0.3) is 0 Å². The van der Waals surface area contributed by atoms with Gasteiger partial charge in [-0.15, -0.1) is 0 Å². The largest absolute Gasteiger partial charge is 0.388 e. The molecular formula is C17H24N2O6. The van der Waals surface area contributed by atoms with E-state index in [0.717, 1.165) is 5.56 Å². The first-order valence-electron chi connectivity index (χ1n) is 8.19. The Balaban J connectivity index is 1.79. The van der Waals surface area contributed by atoms with E-state index in [0.29, 0.717) is 0 Å². The number of rotatable bonds is 3. The van der Waals surface area contributed by atoms with E-state index in [9.17, 15) is 9.90 Å². The minimum absolute atomic E-state index is 0.261. The molecule has 2 heterocycles. The van der Waals surface area contributed by atoms with E-state index in [1.807, 2.05) is 30.3 Å². The van der Waals surface area contributed by atoms with Gasteiger partial charge in [0.05, 0.1) is 6.61 Å². The number of hydrogen-bond acceptors (Lipinski definition) is 6. The number of benzene rings is 1. The summed E-state index contributed by atoms with van der Waals surface area (Å²) in [5, 5.41) is 13.4. The van der Waals surface area contributed by atoms with Gasteiger partial charge in [0, 0.05) is 26.8 Å². The highest BCUT2D eigenvalue weighted by atomic mass is 16.7. The molecule has 6 unspecified atom stereocenters. The molecule has 0 aromatic heterocycles. The monoisotopic (exact) mass is 352 g/mol. The van der Waals surface area contributed by atoms with E-state index < -0.39 is 36.9 Å². The Kier molecular flexibility index (Phi) is 5.55. The quantitative estimate of drug-likeness (QED) is 0.822. The van der Waals surface area contributed by atoms with Crippen molar-refractivity contribution in [2.45, 2.75) is 36.9 Å². The Labute approximate surface area is 146 Å². The molecule has 3 rings (SSSR count). The highest BCUT2D eigenvalue weighted by molar-refractivity contribution is 5.74. The topological polar surface area (TPSA) is 89.5 Å². The third-order valence-electron chi connectivity index (χ3n) is 4.62. The maximum atomic E-state index is 12.0. The number of nitrogens with zero attached hydrogens (tertiary/aromatic N) is 1. The van der Waals surface area contributed by atoms with Gasteiger partial charge in [0.15, 0.2) is 12.6 Å². The van der Waals surface area contributed by atoms with Gasteiger partial charge in [-0.3, -0.25) is 0 Å². The second kappa shape index (κ2) is 7.67. The van der Waals surface area contributed by atoms with E-state index in [-0.39, 0.29) is 12.6 Å². The van der Waals surface area contributed by atoms with Crippen LogP contribution in [0.5, 0.6) is 0 Å². The molecular weight excluding hydrogens is 328 g/mol. The number of aliphatic hydroxyl groups is 1. The minimum atomic E-state index is -0.985. The summed E-state index contributed by atoms with van der Waals surface area (Å²) in [5.74, 6) is 0. The Hall–Kier alpha value is -1.71. The molecule has 2 aliphatic rings. The van der Waals surface area contributed by atoms with Crippen molar-refractivity contribution in [3.8, 4) is 0 Å². The third kappa shape index (κ3) is 3.49. The first kappa shape index (κ1) is 18.1. The number of carbonyl (C=O) groups is 1. The van der Waals surface area contributed by atoms with Gasteiger partial charge in [-0.25, -0.2) is 4.79 Å². The second-order valence-corrected chi connectivity index (χ2v) is 6.10. The molecule has 25 heavy (non-hydrogen) atoms. The zero-order valence-corrected chi connectivity index (χ0v) is 14.5. The molecule has 0 radical (unpaired) electrons. The Bertz CT molecular complexity index is 586. The number of amides is 2. The number of likely N-dealkylation sites (N-methyl/N-ethyl adjacent to an activating group) is 1. The van der Waals surface area contributed by atoms with E-state index in [4.69, 9.17) is 18.9 Å². The van der Waals surface area contributed by atoms with E-state index in [1.165, 1.54) is 19.1 Å². The number of urea groups is 1. The molecule has 138 valence electrons. The zero-order chi connectivity index (χ0) is 18.0. The summed E-state index contributed by atoms with van der Waals surface area (Å²) >= 11 is 0. The molecule has 0 saturated carbocycles. The second-order valence-electron chi connectivity index (χ2n) is 6.10. The van der Waals surface area contributed by atoms with Crippen LogP contribution in [0.1, 0.15) is 11.9 Å². The number of hydrogen-bond donors (Lipinski definition) is 2. The van der Waals surface area contributed by atoms with Crippen molar-refractivity contribution in [1.29, 1.82) is 0 Å². The maximum Gasteiger partial charge on any atom is 0.317 e. The molecule has 0 spiro atoms. The average molecular weight is 352 g/mol. The van der Waals surface area contributed by atoms with Gasteiger partial charge in [0.25, 0.3) is 0 Å². The average Bonchev–Trinajstić information content (AvgIpc) is 2.67. The first-order valence-corrected chi connectivity index (χ1v) is 8.19.